The number of carbonyl (C=O) groups excluding carboxylic acids is 1. The molecule has 0 spiro atoms. The molecule has 7 heteroatoms. The van der Waals surface area contributed by atoms with Crippen molar-refractivity contribution < 1.29 is 22.7 Å². The van der Waals surface area contributed by atoms with Gasteiger partial charge in [-0.3, -0.25) is 4.98 Å². The number of pyridine rings is 1. The zero-order valence-electron chi connectivity index (χ0n) is 15.0. The van der Waals surface area contributed by atoms with Crippen LogP contribution in [0.3, 0.4) is 0 Å². The molecule has 3 aromatic rings. The summed E-state index contributed by atoms with van der Waals surface area (Å²) in [5.74, 6) is -2.25. The summed E-state index contributed by atoms with van der Waals surface area (Å²) in [5.41, 5.74) is 0.827. The average molecular weight is 362 g/mol. The number of aryl methyl sites for hydroxylation is 1. The predicted octanol–water partition coefficient (Wildman–Crippen LogP) is 5.36. The second kappa shape index (κ2) is 8.42. The Labute approximate surface area is 150 Å². The van der Waals surface area contributed by atoms with Gasteiger partial charge in [-0.15, -0.1) is 0 Å². The van der Waals surface area contributed by atoms with Gasteiger partial charge in [0.25, 0.3) is 0 Å². The fourth-order valence-corrected chi connectivity index (χ4v) is 2.30. The van der Waals surface area contributed by atoms with E-state index in [0.717, 1.165) is 11.8 Å². The van der Waals surface area contributed by atoms with Gasteiger partial charge in [0.05, 0.1) is 23.9 Å². The van der Waals surface area contributed by atoms with Gasteiger partial charge in [-0.2, -0.15) is 0 Å². The summed E-state index contributed by atoms with van der Waals surface area (Å²) in [6.07, 6.45) is 2.30. The molecule has 0 saturated carbocycles. The Balaban J connectivity index is 0.00000117. The third-order valence-electron chi connectivity index (χ3n) is 3.40. The number of hydrogen-bond acceptors (Lipinski definition) is 5. The molecular weight excluding hydrogens is 342 g/mol. The second-order valence-electron chi connectivity index (χ2n) is 5.13. The predicted molar refractivity (Wildman–Crippen MR) is 95.7 cm³/mol. The number of furan rings is 1. The van der Waals surface area contributed by atoms with E-state index < -0.39 is 17.6 Å². The monoisotopic (exact) mass is 362 g/mol. The molecule has 0 atom stereocenters. The molecule has 2 aromatic heterocycles. The quantitative estimate of drug-likeness (QED) is 0.633. The number of ether oxygens (including phenoxy) is 1. The summed E-state index contributed by atoms with van der Waals surface area (Å²) in [7, 11) is 0. The van der Waals surface area contributed by atoms with Crippen molar-refractivity contribution in [2.45, 2.75) is 27.7 Å². The molecule has 0 fully saturated rings. The Morgan fingerprint density at radius 3 is 2.62 bits per heavy atom. The standard InChI is InChI=1S/C17H14F2N2O3.C2H6/c1-3-23-17(22)16-14(10-7-20-8-12(19)15(10)24-16)21-13-5-4-9(2)6-11(13)18;1-2/h4-8,21H,3H2,1-2H3;1-2H3. The van der Waals surface area contributed by atoms with Crippen LogP contribution in [-0.2, 0) is 4.74 Å². The van der Waals surface area contributed by atoms with E-state index in [2.05, 4.69) is 10.3 Å². The maximum Gasteiger partial charge on any atom is 0.376 e. The smallest absolute Gasteiger partial charge is 0.376 e. The van der Waals surface area contributed by atoms with Gasteiger partial charge in [0.15, 0.2) is 11.4 Å². The number of nitrogens with one attached hydrogen (secondary N) is 1. The van der Waals surface area contributed by atoms with Crippen molar-refractivity contribution in [3.05, 3.63) is 53.6 Å². The number of aromatic nitrogens is 1. The van der Waals surface area contributed by atoms with Crippen LogP contribution >= 0.6 is 0 Å². The van der Waals surface area contributed by atoms with Gasteiger partial charge in [0.1, 0.15) is 11.5 Å². The number of nitrogens with zero attached hydrogens (tertiary/aromatic N) is 1. The van der Waals surface area contributed by atoms with Crippen LogP contribution in [0.25, 0.3) is 11.0 Å². The van der Waals surface area contributed by atoms with Crippen LogP contribution in [0.15, 0.2) is 35.0 Å². The fourth-order valence-electron chi connectivity index (χ4n) is 2.30. The highest BCUT2D eigenvalue weighted by Gasteiger charge is 2.24. The first-order chi connectivity index (χ1) is 12.5. The molecule has 3 rings (SSSR count). The first-order valence-electron chi connectivity index (χ1n) is 8.27. The average Bonchev–Trinajstić information content (AvgIpc) is 2.99. The number of esters is 1. The van der Waals surface area contributed by atoms with E-state index in [1.54, 1.807) is 19.9 Å². The lowest BCUT2D eigenvalue weighted by molar-refractivity contribution is 0.0494. The molecule has 0 aliphatic rings. The molecule has 138 valence electrons. The lowest BCUT2D eigenvalue weighted by Crippen LogP contribution is -2.06. The van der Waals surface area contributed by atoms with Crippen LogP contribution in [0, 0.1) is 18.6 Å². The molecular formula is C19H20F2N2O3. The molecule has 26 heavy (non-hydrogen) atoms. The van der Waals surface area contributed by atoms with Gasteiger partial charge in [-0.05, 0) is 31.5 Å². The second-order valence-corrected chi connectivity index (χ2v) is 5.13. The summed E-state index contributed by atoms with van der Waals surface area (Å²) < 4.78 is 38.2. The summed E-state index contributed by atoms with van der Waals surface area (Å²) in [5, 5.41) is 3.00. The van der Waals surface area contributed by atoms with Gasteiger partial charge in [0, 0.05) is 6.20 Å². The number of anilines is 2. The van der Waals surface area contributed by atoms with E-state index in [1.165, 1.54) is 18.3 Å². The highest BCUT2D eigenvalue weighted by atomic mass is 19.1. The van der Waals surface area contributed by atoms with Crippen molar-refractivity contribution in [1.29, 1.82) is 0 Å². The topological polar surface area (TPSA) is 64.4 Å². The Morgan fingerprint density at radius 1 is 1.23 bits per heavy atom. The van der Waals surface area contributed by atoms with E-state index in [0.29, 0.717) is 0 Å². The SMILES string of the molecule is CC.CCOC(=O)c1oc2c(F)cncc2c1Nc1ccc(C)cc1F. The maximum atomic E-state index is 14.1. The molecule has 2 heterocycles. The van der Waals surface area contributed by atoms with Crippen molar-refractivity contribution in [3.8, 4) is 0 Å². The highest BCUT2D eigenvalue weighted by Crippen LogP contribution is 2.35. The Morgan fingerprint density at radius 2 is 1.96 bits per heavy atom. The Hall–Kier alpha value is -2.96. The number of carbonyl (C=O) groups is 1. The van der Waals surface area contributed by atoms with Crippen LogP contribution in [0.2, 0.25) is 0 Å². The Bertz CT molecular complexity index is 923. The number of benzene rings is 1. The molecule has 5 nitrogen and oxygen atoms in total. The van der Waals surface area contributed by atoms with Gasteiger partial charge in [-0.25, -0.2) is 13.6 Å². The third kappa shape index (κ3) is 3.82. The van der Waals surface area contributed by atoms with E-state index in [9.17, 15) is 13.6 Å². The van der Waals surface area contributed by atoms with Crippen molar-refractivity contribution in [1.82, 2.24) is 4.98 Å². The first-order valence-corrected chi connectivity index (χ1v) is 8.27. The zero-order valence-corrected chi connectivity index (χ0v) is 15.0. The minimum atomic E-state index is -0.775. The van der Waals surface area contributed by atoms with Gasteiger partial charge >= 0.3 is 5.97 Å². The van der Waals surface area contributed by atoms with Crippen molar-refractivity contribution in [2.24, 2.45) is 0 Å². The molecule has 0 unspecified atom stereocenters. The van der Waals surface area contributed by atoms with E-state index in [1.807, 2.05) is 13.8 Å². The fraction of sp³-hybridized carbons (Fsp3) is 0.263. The van der Waals surface area contributed by atoms with E-state index >= 15 is 0 Å². The molecule has 0 bridgehead atoms. The molecule has 0 amide bonds. The minimum absolute atomic E-state index is 0.109. The first kappa shape index (κ1) is 19.4. The lowest BCUT2D eigenvalue weighted by Gasteiger charge is -2.08. The number of halogens is 2. The number of hydrogen-bond donors (Lipinski definition) is 1. The van der Waals surface area contributed by atoms with Gasteiger partial charge in [0.2, 0.25) is 5.76 Å². The minimum Gasteiger partial charge on any atom is -0.460 e. The van der Waals surface area contributed by atoms with Crippen molar-refractivity contribution >= 4 is 28.3 Å². The lowest BCUT2D eigenvalue weighted by atomic mass is 10.2. The molecule has 1 N–H and O–H groups in total. The van der Waals surface area contributed by atoms with E-state index in [4.69, 9.17) is 9.15 Å². The zero-order chi connectivity index (χ0) is 19.3. The van der Waals surface area contributed by atoms with Gasteiger partial charge in [-0.1, -0.05) is 19.9 Å². The molecule has 0 radical (unpaired) electrons. The summed E-state index contributed by atoms with van der Waals surface area (Å²) in [4.78, 5) is 15.8. The number of rotatable bonds is 4. The highest BCUT2D eigenvalue weighted by molar-refractivity contribution is 6.05. The van der Waals surface area contributed by atoms with Crippen LogP contribution in [-0.4, -0.2) is 17.6 Å². The summed E-state index contributed by atoms with van der Waals surface area (Å²) in [6, 6.07) is 4.56. The van der Waals surface area contributed by atoms with Crippen molar-refractivity contribution in [3.63, 3.8) is 0 Å². The molecule has 0 aliphatic heterocycles. The van der Waals surface area contributed by atoms with Crippen LogP contribution in [0.4, 0.5) is 20.2 Å². The Kier molecular flexibility index (Phi) is 6.27. The van der Waals surface area contributed by atoms with Crippen LogP contribution < -0.4 is 5.32 Å². The largest absolute Gasteiger partial charge is 0.460 e. The number of fused-ring (bicyclic) bond motifs is 1. The third-order valence-corrected chi connectivity index (χ3v) is 3.40. The van der Waals surface area contributed by atoms with Gasteiger partial charge < -0.3 is 14.5 Å². The molecule has 1 aromatic carbocycles. The maximum absolute atomic E-state index is 14.1. The van der Waals surface area contributed by atoms with Crippen LogP contribution in [0.5, 0.6) is 0 Å². The van der Waals surface area contributed by atoms with Crippen LogP contribution in [0.1, 0.15) is 36.9 Å². The molecule has 0 saturated heterocycles. The summed E-state index contributed by atoms with van der Waals surface area (Å²) in [6.45, 7) is 7.51. The van der Waals surface area contributed by atoms with Crippen molar-refractivity contribution in [2.75, 3.05) is 11.9 Å². The molecule has 0 aliphatic carbocycles. The normalized spacial score (nSPS) is 10.2. The van der Waals surface area contributed by atoms with E-state index in [-0.39, 0.29) is 34.7 Å². The summed E-state index contributed by atoms with van der Waals surface area (Å²) >= 11 is 0.